The van der Waals surface area contributed by atoms with Gasteiger partial charge >= 0.3 is 0 Å². The lowest BCUT2D eigenvalue weighted by Gasteiger charge is -2.26. The molecule has 2 rings (SSSR count). The summed E-state index contributed by atoms with van der Waals surface area (Å²) >= 11 is 0. The molecule has 0 amide bonds. The van der Waals surface area contributed by atoms with Gasteiger partial charge in [-0.1, -0.05) is 12.1 Å². The Balaban J connectivity index is 1.83. The second-order valence-electron chi connectivity index (χ2n) is 5.25. The third-order valence-electron chi connectivity index (χ3n) is 3.85. The molecule has 1 aromatic rings. The first-order chi connectivity index (χ1) is 9.55. The van der Waals surface area contributed by atoms with E-state index in [1.807, 2.05) is 13.0 Å². The lowest BCUT2D eigenvalue weighted by atomic mass is 9.96. The molecule has 108 valence electrons. The van der Waals surface area contributed by atoms with Crippen molar-refractivity contribution >= 4 is 0 Å². The third-order valence-corrected chi connectivity index (χ3v) is 3.85. The average molecular weight is 276 g/mol. The van der Waals surface area contributed by atoms with Crippen molar-refractivity contribution in [3.05, 3.63) is 35.4 Å². The summed E-state index contributed by atoms with van der Waals surface area (Å²) in [4.78, 5) is 0. The van der Waals surface area contributed by atoms with Crippen molar-refractivity contribution in [2.45, 2.75) is 31.2 Å². The summed E-state index contributed by atoms with van der Waals surface area (Å²) in [5.74, 6) is 0. The second kappa shape index (κ2) is 6.33. The molecule has 1 saturated heterocycles. The van der Waals surface area contributed by atoms with Gasteiger partial charge in [0, 0.05) is 26.1 Å². The van der Waals surface area contributed by atoms with E-state index in [1.165, 1.54) is 0 Å². The lowest BCUT2D eigenvalue weighted by Crippen LogP contribution is -2.46. The van der Waals surface area contributed by atoms with Gasteiger partial charge in [-0.3, -0.25) is 0 Å². The summed E-state index contributed by atoms with van der Waals surface area (Å²) in [6.45, 7) is 3.16. The molecule has 3 atom stereocenters. The number of benzene rings is 1. The van der Waals surface area contributed by atoms with Crippen molar-refractivity contribution in [3.8, 4) is 6.07 Å². The number of ether oxygens (including phenoxy) is 1. The summed E-state index contributed by atoms with van der Waals surface area (Å²) in [5, 5.41) is 32.2. The Bertz CT molecular complexity index is 483. The Kier molecular flexibility index (Phi) is 4.73. The summed E-state index contributed by atoms with van der Waals surface area (Å²) in [5.41, 5.74) is 0.462. The molecule has 1 aliphatic rings. The van der Waals surface area contributed by atoms with Gasteiger partial charge in [0.25, 0.3) is 0 Å². The van der Waals surface area contributed by atoms with Crippen LogP contribution in [0.1, 0.15) is 30.6 Å². The van der Waals surface area contributed by atoms with Crippen LogP contribution in [-0.4, -0.2) is 41.6 Å². The lowest BCUT2D eigenvalue weighted by molar-refractivity contribution is -0.0274. The van der Waals surface area contributed by atoms with Crippen LogP contribution in [0.5, 0.6) is 0 Å². The topological polar surface area (TPSA) is 85.5 Å². The Morgan fingerprint density at radius 3 is 2.75 bits per heavy atom. The maximum atomic E-state index is 10.3. The fraction of sp³-hybridized carbons (Fsp3) is 0.533. The van der Waals surface area contributed by atoms with Gasteiger partial charge in [0.2, 0.25) is 0 Å². The van der Waals surface area contributed by atoms with Crippen molar-refractivity contribution in [2.24, 2.45) is 0 Å². The van der Waals surface area contributed by atoms with E-state index in [0.717, 1.165) is 5.56 Å². The summed E-state index contributed by atoms with van der Waals surface area (Å²) < 4.78 is 5.35. The quantitative estimate of drug-likeness (QED) is 0.738. The number of hydrogen-bond acceptors (Lipinski definition) is 5. The highest BCUT2D eigenvalue weighted by molar-refractivity contribution is 5.32. The van der Waals surface area contributed by atoms with Crippen molar-refractivity contribution in [1.82, 2.24) is 5.32 Å². The molecule has 1 heterocycles. The van der Waals surface area contributed by atoms with E-state index in [9.17, 15) is 10.2 Å². The van der Waals surface area contributed by atoms with E-state index in [0.29, 0.717) is 31.7 Å². The molecule has 0 bridgehead atoms. The van der Waals surface area contributed by atoms with Gasteiger partial charge in [-0.15, -0.1) is 0 Å². The first-order valence-corrected chi connectivity index (χ1v) is 6.78. The first-order valence-electron chi connectivity index (χ1n) is 6.78. The molecule has 0 saturated carbocycles. The van der Waals surface area contributed by atoms with Gasteiger partial charge in [-0.25, -0.2) is 0 Å². The van der Waals surface area contributed by atoms with Gasteiger partial charge in [-0.05, 0) is 24.6 Å². The zero-order chi connectivity index (χ0) is 14.6. The van der Waals surface area contributed by atoms with Gasteiger partial charge in [0.15, 0.2) is 0 Å². The van der Waals surface area contributed by atoms with Crippen molar-refractivity contribution in [3.63, 3.8) is 0 Å². The molecule has 20 heavy (non-hydrogen) atoms. The molecule has 0 aromatic heterocycles. The average Bonchev–Trinajstić information content (AvgIpc) is 2.79. The minimum atomic E-state index is -0.857. The maximum absolute atomic E-state index is 10.3. The highest BCUT2D eigenvalue weighted by Gasteiger charge is 2.39. The zero-order valence-corrected chi connectivity index (χ0v) is 11.5. The van der Waals surface area contributed by atoms with Gasteiger partial charge in [0.1, 0.15) is 5.60 Å². The molecule has 5 heteroatoms. The monoisotopic (exact) mass is 276 g/mol. The van der Waals surface area contributed by atoms with Crippen LogP contribution in [0, 0.1) is 11.3 Å². The molecular weight excluding hydrogens is 256 g/mol. The second-order valence-corrected chi connectivity index (χ2v) is 5.25. The molecule has 5 nitrogen and oxygen atoms in total. The van der Waals surface area contributed by atoms with Gasteiger partial charge < -0.3 is 20.3 Å². The fourth-order valence-corrected chi connectivity index (χ4v) is 2.33. The molecule has 0 radical (unpaired) electrons. The predicted molar refractivity (Wildman–Crippen MR) is 74.0 cm³/mol. The molecule has 3 unspecified atom stereocenters. The summed E-state index contributed by atoms with van der Waals surface area (Å²) in [7, 11) is 0. The van der Waals surface area contributed by atoms with Crippen molar-refractivity contribution < 1.29 is 14.9 Å². The number of aliphatic hydroxyl groups excluding tert-OH is 1. The van der Waals surface area contributed by atoms with Crippen LogP contribution in [0.25, 0.3) is 0 Å². The molecule has 1 aliphatic heterocycles. The van der Waals surface area contributed by atoms with Crippen LogP contribution in [0.15, 0.2) is 24.3 Å². The number of nitriles is 1. The highest BCUT2D eigenvalue weighted by atomic mass is 16.5. The van der Waals surface area contributed by atoms with Crippen LogP contribution < -0.4 is 5.32 Å². The molecule has 1 fully saturated rings. The van der Waals surface area contributed by atoms with E-state index >= 15 is 0 Å². The smallest absolute Gasteiger partial charge is 0.105 e. The van der Waals surface area contributed by atoms with E-state index < -0.39 is 11.7 Å². The van der Waals surface area contributed by atoms with E-state index in [2.05, 4.69) is 5.32 Å². The minimum absolute atomic E-state index is 0.193. The van der Waals surface area contributed by atoms with Crippen LogP contribution in [0.3, 0.4) is 0 Å². The molecule has 1 aromatic carbocycles. The normalized spacial score (nSPS) is 27.2. The molecule has 3 N–H and O–H groups in total. The Morgan fingerprint density at radius 2 is 2.20 bits per heavy atom. The van der Waals surface area contributed by atoms with E-state index in [4.69, 9.17) is 10.00 Å². The zero-order valence-electron chi connectivity index (χ0n) is 11.5. The standard InChI is InChI=1S/C15H20N2O3/c1-11-15(19,6-7-20-11)10-17-9-14(18)13-4-2-12(8-16)3-5-13/h2-5,11,14,17-19H,6-7,9-10H2,1H3. The largest absolute Gasteiger partial charge is 0.387 e. The highest BCUT2D eigenvalue weighted by Crippen LogP contribution is 2.24. The summed E-state index contributed by atoms with van der Waals surface area (Å²) in [6, 6.07) is 8.87. The van der Waals surface area contributed by atoms with E-state index in [1.54, 1.807) is 24.3 Å². The Labute approximate surface area is 118 Å². The molecule has 0 aliphatic carbocycles. The SMILES string of the molecule is CC1OCCC1(O)CNCC(O)c1ccc(C#N)cc1. The number of rotatable bonds is 5. The first kappa shape index (κ1) is 14.9. The fourth-order valence-electron chi connectivity index (χ4n) is 2.33. The number of nitrogens with one attached hydrogen (secondary N) is 1. The molecular formula is C15H20N2O3. The van der Waals surface area contributed by atoms with Crippen LogP contribution in [0.2, 0.25) is 0 Å². The predicted octanol–water partition coefficient (Wildman–Crippen LogP) is 0.721. The Hall–Kier alpha value is -1.45. The van der Waals surface area contributed by atoms with Crippen LogP contribution >= 0.6 is 0 Å². The van der Waals surface area contributed by atoms with Gasteiger partial charge in [-0.2, -0.15) is 5.26 Å². The van der Waals surface area contributed by atoms with Crippen LogP contribution in [0.4, 0.5) is 0 Å². The van der Waals surface area contributed by atoms with Crippen molar-refractivity contribution in [2.75, 3.05) is 19.7 Å². The molecule has 0 spiro atoms. The van der Waals surface area contributed by atoms with E-state index in [-0.39, 0.29) is 6.10 Å². The van der Waals surface area contributed by atoms with Gasteiger partial charge in [0.05, 0.1) is 23.8 Å². The van der Waals surface area contributed by atoms with Crippen molar-refractivity contribution in [1.29, 1.82) is 5.26 Å². The summed E-state index contributed by atoms with van der Waals surface area (Å²) in [6.07, 6.45) is -0.250. The Morgan fingerprint density at radius 1 is 1.50 bits per heavy atom. The minimum Gasteiger partial charge on any atom is -0.387 e. The third kappa shape index (κ3) is 3.35. The van der Waals surface area contributed by atoms with Crippen LogP contribution in [-0.2, 0) is 4.74 Å². The maximum Gasteiger partial charge on any atom is 0.105 e. The number of hydrogen-bond donors (Lipinski definition) is 3. The number of aliphatic hydroxyl groups is 2. The number of nitrogens with zero attached hydrogens (tertiary/aromatic N) is 1.